The molecule has 0 spiro atoms. The standard InChI is InChI=1S/C14H13N4/c1-18-10-16-12-7-8-13(17-14(12)18)15-9-11-5-3-2-4-6-11/h2-8H,9H2,1H3,(H,15,17). The van der Waals surface area contributed by atoms with Gasteiger partial charge in [0.15, 0.2) is 12.0 Å². The molecular weight excluding hydrogens is 224 g/mol. The number of benzene rings is 1. The van der Waals surface area contributed by atoms with Gasteiger partial charge >= 0.3 is 0 Å². The largest absolute Gasteiger partial charge is 0.366 e. The number of nitrogens with zero attached hydrogens (tertiary/aromatic N) is 3. The molecule has 18 heavy (non-hydrogen) atoms. The maximum absolute atomic E-state index is 4.51. The lowest BCUT2D eigenvalue weighted by Gasteiger charge is -2.05. The van der Waals surface area contributed by atoms with Crippen molar-refractivity contribution in [1.82, 2.24) is 14.5 Å². The minimum absolute atomic E-state index is 0.765. The minimum Gasteiger partial charge on any atom is -0.366 e. The summed E-state index contributed by atoms with van der Waals surface area (Å²) in [5.41, 5.74) is 2.94. The fraction of sp³-hybridized carbons (Fsp3) is 0.143. The van der Waals surface area contributed by atoms with Crippen molar-refractivity contribution in [3.63, 3.8) is 0 Å². The van der Waals surface area contributed by atoms with E-state index in [1.165, 1.54) is 5.56 Å². The first-order chi connectivity index (χ1) is 8.83. The number of anilines is 1. The molecule has 3 rings (SSSR count). The first kappa shape index (κ1) is 10.8. The maximum atomic E-state index is 4.51. The van der Waals surface area contributed by atoms with Crippen molar-refractivity contribution < 1.29 is 0 Å². The average Bonchev–Trinajstić information content (AvgIpc) is 2.79. The number of pyridine rings is 1. The van der Waals surface area contributed by atoms with Crippen LogP contribution >= 0.6 is 0 Å². The smallest absolute Gasteiger partial charge is 0.178 e. The Balaban J connectivity index is 1.80. The average molecular weight is 237 g/mol. The molecule has 0 saturated heterocycles. The number of rotatable bonds is 3. The SMILES string of the molecule is Cn1[c]nc2ccc(NCc3ccccc3)nc21. The highest BCUT2D eigenvalue weighted by Crippen LogP contribution is 2.13. The van der Waals surface area contributed by atoms with E-state index in [1.807, 2.05) is 37.4 Å². The van der Waals surface area contributed by atoms with Crippen molar-refractivity contribution in [2.24, 2.45) is 7.05 Å². The molecule has 1 radical (unpaired) electrons. The van der Waals surface area contributed by atoms with Crippen molar-refractivity contribution in [3.8, 4) is 0 Å². The van der Waals surface area contributed by atoms with Gasteiger partial charge in [0.05, 0.1) is 0 Å². The topological polar surface area (TPSA) is 42.7 Å². The molecule has 2 aromatic heterocycles. The van der Waals surface area contributed by atoms with Crippen LogP contribution in [0.1, 0.15) is 5.56 Å². The molecule has 0 atom stereocenters. The zero-order chi connectivity index (χ0) is 12.4. The third-order valence-corrected chi connectivity index (χ3v) is 2.81. The highest BCUT2D eigenvalue weighted by Gasteiger charge is 2.03. The van der Waals surface area contributed by atoms with Crippen LogP contribution in [-0.2, 0) is 13.6 Å². The van der Waals surface area contributed by atoms with E-state index >= 15 is 0 Å². The van der Waals surface area contributed by atoms with Crippen LogP contribution in [0.15, 0.2) is 42.5 Å². The van der Waals surface area contributed by atoms with E-state index in [-0.39, 0.29) is 0 Å². The van der Waals surface area contributed by atoms with Crippen LogP contribution < -0.4 is 5.32 Å². The Morgan fingerprint density at radius 3 is 2.83 bits per heavy atom. The number of nitrogens with one attached hydrogen (secondary N) is 1. The van der Waals surface area contributed by atoms with E-state index in [0.717, 1.165) is 23.5 Å². The van der Waals surface area contributed by atoms with Crippen molar-refractivity contribution in [3.05, 3.63) is 54.4 Å². The third-order valence-electron chi connectivity index (χ3n) is 2.81. The number of hydrogen-bond donors (Lipinski definition) is 1. The van der Waals surface area contributed by atoms with Crippen LogP contribution in [0.2, 0.25) is 0 Å². The molecule has 0 amide bonds. The first-order valence-corrected chi connectivity index (χ1v) is 5.82. The molecule has 2 heterocycles. The monoisotopic (exact) mass is 237 g/mol. The zero-order valence-electron chi connectivity index (χ0n) is 10.1. The summed E-state index contributed by atoms with van der Waals surface area (Å²) in [6.45, 7) is 0.765. The van der Waals surface area contributed by atoms with Gasteiger partial charge in [-0.15, -0.1) is 0 Å². The van der Waals surface area contributed by atoms with E-state index < -0.39 is 0 Å². The van der Waals surface area contributed by atoms with E-state index in [4.69, 9.17) is 0 Å². The number of imidazole rings is 1. The van der Waals surface area contributed by atoms with E-state index in [2.05, 4.69) is 33.7 Å². The molecular formula is C14H13N4. The van der Waals surface area contributed by atoms with E-state index in [1.54, 1.807) is 4.57 Å². The van der Waals surface area contributed by atoms with Crippen LogP contribution in [0, 0.1) is 6.33 Å². The molecule has 0 aliphatic heterocycles. The lowest BCUT2D eigenvalue weighted by atomic mass is 10.2. The van der Waals surface area contributed by atoms with E-state index in [9.17, 15) is 0 Å². The summed E-state index contributed by atoms with van der Waals surface area (Å²) in [4.78, 5) is 8.63. The Morgan fingerprint density at radius 1 is 1.17 bits per heavy atom. The molecule has 0 unspecified atom stereocenters. The van der Waals surface area contributed by atoms with Crippen LogP contribution in [-0.4, -0.2) is 14.5 Å². The fourth-order valence-electron chi connectivity index (χ4n) is 1.84. The number of aromatic nitrogens is 3. The second-order valence-electron chi connectivity index (χ2n) is 4.15. The van der Waals surface area contributed by atoms with Gasteiger partial charge in [0, 0.05) is 13.6 Å². The van der Waals surface area contributed by atoms with Crippen molar-refractivity contribution in [1.29, 1.82) is 0 Å². The van der Waals surface area contributed by atoms with Gasteiger partial charge in [-0.3, -0.25) is 0 Å². The highest BCUT2D eigenvalue weighted by molar-refractivity contribution is 5.72. The highest BCUT2D eigenvalue weighted by atomic mass is 15.1. The molecule has 3 aromatic rings. The molecule has 0 saturated carbocycles. The fourth-order valence-corrected chi connectivity index (χ4v) is 1.84. The van der Waals surface area contributed by atoms with Gasteiger partial charge in [-0.25, -0.2) is 9.97 Å². The summed E-state index contributed by atoms with van der Waals surface area (Å²) in [5, 5.41) is 3.30. The molecule has 4 heteroatoms. The minimum atomic E-state index is 0.765. The van der Waals surface area contributed by atoms with Crippen molar-refractivity contribution in [2.45, 2.75) is 6.54 Å². The summed E-state index contributed by atoms with van der Waals surface area (Å²) >= 11 is 0. The predicted molar refractivity (Wildman–Crippen MR) is 71.1 cm³/mol. The summed E-state index contributed by atoms with van der Waals surface area (Å²) < 4.78 is 1.79. The first-order valence-electron chi connectivity index (χ1n) is 5.82. The Kier molecular flexibility index (Phi) is 2.68. The van der Waals surface area contributed by atoms with Gasteiger partial charge < -0.3 is 9.88 Å². The van der Waals surface area contributed by atoms with Gasteiger partial charge in [-0.2, -0.15) is 0 Å². The van der Waals surface area contributed by atoms with Crippen molar-refractivity contribution >= 4 is 17.0 Å². The molecule has 0 fully saturated rings. The molecule has 1 N–H and O–H groups in total. The molecule has 0 bridgehead atoms. The molecule has 89 valence electrons. The molecule has 0 aliphatic carbocycles. The zero-order valence-corrected chi connectivity index (χ0v) is 10.1. The number of fused-ring (bicyclic) bond motifs is 1. The van der Waals surface area contributed by atoms with Gasteiger partial charge in [-0.1, -0.05) is 30.3 Å². The second kappa shape index (κ2) is 4.49. The molecule has 0 aliphatic rings. The van der Waals surface area contributed by atoms with Crippen LogP contribution in [0.5, 0.6) is 0 Å². The number of aryl methyl sites for hydroxylation is 1. The van der Waals surface area contributed by atoms with E-state index in [0.29, 0.717) is 0 Å². The Hall–Kier alpha value is -2.36. The van der Waals surface area contributed by atoms with Crippen LogP contribution in [0.3, 0.4) is 0 Å². The summed E-state index contributed by atoms with van der Waals surface area (Å²) in [6, 6.07) is 14.1. The Labute approximate surface area is 105 Å². The summed E-state index contributed by atoms with van der Waals surface area (Å²) in [7, 11) is 1.89. The van der Waals surface area contributed by atoms with Gasteiger partial charge in [0.1, 0.15) is 11.3 Å². The van der Waals surface area contributed by atoms with Gasteiger partial charge in [-0.05, 0) is 17.7 Å². The lowest BCUT2D eigenvalue weighted by molar-refractivity contribution is 0.919. The summed E-state index contributed by atoms with van der Waals surface area (Å²) in [5.74, 6) is 0.850. The van der Waals surface area contributed by atoms with Gasteiger partial charge in [0.25, 0.3) is 0 Å². The Morgan fingerprint density at radius 2 is 2.00 bits per heavy atom. The lowest BCUT2D eigenvalue weighted by Crippen LogP contribution is -2.01. The van der Waals surface area contributed by atoms with Crippen LogP contribution in [0.25, 0.3) is 11.2 Å². The van der Waals surface area contributed by atoms with Crippen molar-refractivity contribution in [2.75, 3.05) is 5.32 Å². The normalized spacial score (nSPS) is 10.7. The van der Waals surface area contributed by atoms with Crippen LogP contribution in [0.4, 0.5) is 5.82 Å². The molecule has 1 aromatic carbocycles. The van der Waals surface area contributed by atoms with Gasteiger partial charge in [0.2, 0.25) is 0 Å². The maximum Gasteiger partial charge on any atom is 0.178 e. The second-order valence-corrected chi connectivity index (χ2v) is 4.15. The predicted octanol–water partition coefficient (Wildman–Crippen LogP) is 2.38. The number of hydrogen-bond acceptors (Lipinski definition) is 3. The quantitative estimate of drug-likeness (QED) is 0.760. The third kappa shape index (κ3) is 2.05. The summed E-state index contributed by atoms with van der Waals surface area (Å²) in [6.07, 6.45) is 2.85. The molecule has 4 nitrogen and oxygen atoms in total. The Bertz CT molecular complexity index is 658.